The highest BCUT2D eigenvalue weighted by Crippen LogP contribution is 2.24. The van der Waals surface area contributed by atoms with Crippen LogP contribution in [-0.2, 0) is 11.3 Å². The highest BCUT2D eigenvalue weighted by molar-refractivity contribution is 5.77. The second-order valence-corrected chi connectivity index (χ2v) is 5.10. The summed E-state index contributed by atoms with van der Waals surface area (Å²) in [5.74, 6) is 0.137. The number of hydrogen-bond acceptors (Lipinski definition) is 3. The predicted molar refractivity (Wildman–Crippen MR) is 77.9 cm³/mol. The van der Waals surface area contributed by atoms with Crippen molar-refractivity contribution in [1.29, 1.82) is 0 Å². The van der Waals surface area contributed by atoms with E-state index in [4.69, 9.17) is 5.73 Å². The average Bonchev–Trinajstić information content (AvgIpc) is 3.10. The summed E-state index contributed by atoms with van der Waals surface area (Å²) in [5, 5.41) is 4.26. The lowest BCUT2D eigenvalue weighted by atomic mass is 10.1. The molecule has 5 nitrogen and oxygen atoms in total. The smallest absolute Gasteiger partial charge is 0.244 e. The molecule has 1 aromatic carbocycles. The van der Waals surface area contributed by atoms with Crippen LogP contribution in [0.4, 0.5) is 5.69 Å². The minimum Gasteiger partial charge on any atom is -0.398 e. The van der Waals surface area contributed by atoms with E-state index in [9.17, 15) is 4.79 Å². The fourth-order valence-corrected chi connectivity index (χ4v) is 2.55. The van der Waals surface area contributed by atoms with Gasteiger partial charge in [-0.2, -0.15) is 5.10 Å². The maximum absolute atomic E-state index is 12.1. The molecular weight excluding hydrogens is 252 g/mol. The van der Waals surface area contributed by atoms with Crippen LogP contribution >= 0.6 is 0 Å². The average molecular weight is 270 g/mol. The third-order valence-electron chi connectivity index (χ3n) is 3.66. The Hall–Kier alpha value is -2.30. The van der Waals surface area contributed by atoms with Gasteiger partial charge in [0.05, 0.1) is 6.20 Å². The molecule has 1 aromatic heterocycles. The van der Waals surface area contributed by atoms with E-state index < -0.39 is 0 Å². The first-order valence-electron chi connectivity index (χ1n) is 6.89. The maximum atomic E-state index is 12.1. The van der Waals surface area contributed by atoms with Crippen LogP contribution in [0.1, 0.15) is 12.8 Å². The van der Waals surface area contributed by atoms with E-state index in [0.717, 1.165) is 42.7 Å². The molecule has 0 radical (unpaired) electrons. The topological polar surface area (TPSA) is 64.1 Å². The maximum Gasteiger partial charge on any atom is 0.244 e. The third-order valence-corrected chi connectivity index (χ3v) is 3.66. The van der Waals surface area contributed by atoms with Crippen molar-refractivity contribution in [2.75, 3.05) is 18.8 Å². The van der Waals surface area contributed by atoms with E-state index in [-0.39, 0.29) is 5.91 Å². The molecule has 1 amide bonds. The van der Waals surface area contributed by atoms with Crippen molar-refractivity contribution in [3.05, 3.63) is 36.7 Å². The number of anilines is 1. The van der Waals surface area contributed by atoms with Gasteiger partial charge in [-0.05, 0) is 18.9 Å². The molecule has 20 heavy (non-hydrogen) atoms. The molecule has 5 heteroatoms. The molecule has 2 aromatic rings. The van der Waals surface area contributed by atoms with E-state index in [0.29, 0.717) is 6.54 Å². The highest BCUT2D eigenvalue weighted by Gasteiger charge is 2.18. The monoisotopic (exact) mass is 270 g/mol. The molecule has 2 heterocycles. The van der Waals surface area contributed by atoms with Crippen molar-refractivity contribution < 1.29 is 4.79 Å². The Kier molecular flexibility index (Phi) is 3.41. The van der Waals surface area contributed by atoms with Crippen LogP contribution in [-0.4, -0.2) is 33.7 Å². The highest BCUT2D eigenvalue weighted by atomic mass is 16.2. The first kappa shape index (κ1) is 12.7. The number of aromatic nitrogens is 2. The molecule has 0 aliphatic carbocycles. The Morgan fingerprint density at radius 1 is 1.25 bits per heavy atom. The molecule has 1 aliphatic heterocycles. The lowest BCUT2D eigenvalue weighted by Crippen LogP contribution is -2.31. The van der Waals surface area contributed by atoms with E-state index in [2.05, 4.69) is 5.10 Å². The molecule has 1 saturated heterocycles. The van der Waals surface area contributed by atoms with Crippen molar-refractivity contribution >= 4 is 11.6 Å². The van der Waals surface area contributed by atoms with Crippen LogP contribution in [0, 0.1) is 0 Å². The number of nitrogens with zero attached hydrogens (tertiary/aromatic N) is 3. The molecule has 0 atom stereocenters. The van der Waals surface area contributed by atoms with Crippen LogP contribution < -0.4 is 5.73 Å². The second-order valence-electron chi connectivity index (χ2n) is 5.10. The van der Waals surface area contributed by atoms with Gasteiger partial charge in [-0.15, -0.1) is 0 Å². The fraction of sp³-hybridized carbons (Fsp3) is 0.333. The van der Waals surface area contributed by atoms with Gasteiger partial charge in [0.25, 0.3) is 0 Å². The molecule has 1 fully saturated rings. The van der Waals surface area contributed by atoms with Gasteiger partial charge in [0.1, 0.15) is 6.54 Å². The summed E-state index contributed by atoms with van der Waals surface area (Å²) in [4.78, 5) is 14.0. The minimum absolute atomic E-state index is 0.137. The Morgan fingerprint density at radius 2 is 2.00 bits per heavy atom. The summed E-state index contributed by atoms with van der Waals surface area (Å²) < 4.78 is 1.68. The number of carbonyl (C=O) groups is 1. The Bertz CT molecular complexity index is 614. The molecule has 0 bridgehead atoms. The van der Waals surface area contributed by atoms with Crippen LogP contribution in [0.5, 0.6) is 0 Å². The lowest BCUT2D eigenvalue weighted by Gasteiger charge is -2.14. The SMILES string of the molecule is Nc1ccccc1-c1cnn(CC(=O)N2CCCC2)c1. The van der Waals surface area contributed by atoms with E-state index in [1.807, 2.05) is 35.4 Å². The number of nitrogens with two attached hydrogens (primary N) is 1. The number of para-hydroxylation sites is 1. The van der Waals surface area contributed by atoms with Gasteiger partial charge >= 0.3 is 0 Å². The van der Waals surface area contributed by atoms with Crippen molar-refractivity contribution in [1.82, 2.24) is 14.7 Å². The minimum atomic E-state index is 0.137. The second kappa shape index (κ2) is 5.36. The fourth-order valence-electron chi connectivity index (χ4n) is 2.55. The van der Waals surface area contributed by atoms with Gasteiger partial charge in [0, 0.05) is 36.1 Å². The molecule has 104 valence electrons. The standard InChI is InChI=1S/C15H18N4O/c16-14-6-2-1-5-13(14)12-9-17-19(10-12)11-15(20)18-7-3-4-8-18/h1-2,5-6,9-10H,3-4,7-8,11,16H2. The third kappa shape index (κ3) is 2.52. The first-order valence-corrected chi connectivity index (χ1v) is 6.89. The van der Waals surface area contributed by atoms with Gasteiger partial charge in [-0.1, -0.05) is 18.2 Å². The molecule has 0 unspecified atom stereocenters. The van der Waals surface area contributed by atoms with Gasteiger partial charge in [0.2, 0.25) is 5.91 Å². The molecule has 0 spiro atoms. The van der Waals surface area contributed by atoms with E-state index >= 15 is 0 Å². The largest absolute Gasteiger partial charge is 0.398 e. The zero-order valence-electron chi connectivity index (χ0n) is 11.3. The zero-order valence-corrected chi connectivity index (χ0v) is 11.3. The Labute approximate surface area is 118 Å². The van der Waals surface area contributed by atoms with Crippen molar-refractivity contribution in [2.45, 2.75) is 19.4 Å². The number of hydrogen-bond donors (Lipinski definition) is 1. The number of benzene rings is 1. The van der Waals surface area contributed by atoms with Crippen LogP contribution in [0.25, 0.3) is 11.1 Å². The van der Waals surface area contributed by atoms with Crippen LogP contribution in [0.2, 0.25) is 0 Å². The quantitative estimate of drug-likeness (QED) is 0.864. The molecule has 0 saturated carbocycles. The summed E-state index contributed by atoms with van der Waals surface area (Å²) in [6, 6.07) is 7.67. The van der Waals surface area contributed by atoms with Gasteiger partial charge < -0.3 is 10.6 Å². The molecule has 2 N–H and O–H groups in total. The summed E-state index contributed by atoms with van der Waals surface area (Å²) in [7, 11) is 0. The normalized spacial score (nSPS) is 14.7. The van der Waals surface area contributed by atoms with Gasteiger partial charge in [-0.25, -0.2) is 0 Å². The Balaban J connectivity index is 1.74. The molecular formula is C15H18N4O. The number of carbonyl (C=O) groups excluding carboxylic acids is 1. The number of nitrogen functional groups attached to an aromatic ring is 1. The van der Waals surface area contributed by atoms with Crippen molar-refractivity contribution in [3.63, 3.8) is 0 Å². The van der Waals surface area contributed by atoms with Crippen molar-refractivity contribution in [2.24, 2.45) is 0 Å². The number of likely N-dealkylation sites (tertiary alicyclic amines) is 1. The molecule has 3 rings (SSSR count). The van der Waals surface area contributed by atoms with E-state index in [1.165, 1.54) is 0 Å². The van der Waals surface area contributed by atoms with Crippen LogP contribution in [0.3, 0.4) is 0 Å². The van der Waals surface area contributed by atoms with Gasteiger partial charge in [0.15, 0.2) is 0 Å². The Morgan fingerprint density at radius 3 is 2.75 bits per heavy atom. The van der Waals surface area contributed by atoms with Crippen molar-refractivity contribution in [3.8, 4) is 11.1 Å². The zero-order chi connectivity index (χ0) is 13.9. The van der Waals surface area contributed by atoms with Gasteiger partial charge in [-0.3, -0.25) is 9.48 Å². The first-order chi connectivity index (χ1) is 9.74. The predicted octanol–water partition coefficient (Wildman–Crippen LogP) is 1.75. The molecule has 1 aliphatic rings. The lowest BCUT2D eigenvalue weighted by molar-refractivity contribution is -0.130. The van der Waals surface area contributed by atoms with E-state index in [1.54, 1.807) is 10.9 Å². The van der Waals surface area contributed by atoms with Crippen LogP contribution in [0.15, 0.2) is 36.7 Å². The summed E-state index contributed by atoms with van der Waals surface area (Å²) in [6.07, 6.45) is 5.84. The summed E-state index contributed by atoms with van der Waals surface area (Å²) >= 11 is 0. The summed E-state index contributed by atoms with van der Waals surface area (Å²) in [5.41, 5.74) is 8.56. The summed E-state index contributed by atoms with van der Waals surface area (Å²) in [6.45, 7) is 2.05. The number of rotatable bonds is 3. The number of amides is 1.